The summed E-state index contributed by atoms with van der Waals surface area (Å²) in [5.74, 6) is -0.0742. The summed E-state index contributed by atoms with van der Waals surface area (Å²) in [7, 11) is 0. The Kier molecular flexibility index (Phi) is 6.20. The van der Waals surface area contributed by atoms with E-state index in [1.54, 1.807) is 0 Å². The highest BCUT2D eigenvalue weighted by Gasteiger charge is 2.15. The van der Waals surface area contributed by atoms with E-state index in [2.05, 4.69) is 26.6 Å². The molecule has 0 saturated carbocycles. The predicted octanol–water partition coefficient (Wildman–Crippen LogP) is 1.99. The number of anilines is 1. The molecule has 0 unspecified atom stereocenters. The Labute approximate surface area is 133 Å². The molecule has 1 aliphatic heterocycles. The minimum absolute atomic E-state index is 0.0751. The van der Waals surface area contributed by atoms with Crippen LogP contribution in [0.1, 0.15) is 19.3 Å². The zero-order valence-corrected chi connectivity index (χ0v) is 13.5. The van der Waals surface area contributed by atoms with Crippen LogP contribution in [0.25, 0.3) is 0 Å². The van der Waals surface area contributed by atoms with Gasteiger partial charge in [-0.25, -0.2) is 0 Å². The van der Waals surface area contributed by atoms with Gasteiger partial charge in [-0.2, -0.15) is 0 Å². The van der Waals surface area contributed by atoms with Crippen molar-refractivity contribution in [2.24, 2.45) is 0 Å². The molecule has 114 valence electrons. The maximum atomic E-state index is 11.9. The fourth-order valence-electron chi connectivity index (χ4n) is 2.28. The Morgan fingerprint density at radius 1 is 1.05 bits per heavy atom. The first-order valence-corrected chi connectivity index (χ1v) is 7.98. The molecule has 1 aromatic rings. The highest BCUT2D eigenvalue weighted by molar-refractivity contribution is 9.10. The van der Waals surface area contributed by atoms with Crippen molar-refractivity contribution in [1.82, 2.24) is 10.2 Å². The van der Waals surface area contributed by atoms with Gasteiger partial charge in [0.2, 0.25) is 11.8 Å². The number of carbonyl (C=O) groups is 2. The predicted molar refractivity (Wildman–Crippen MR) is 86.1 cm³/mol. The molecular formula is C15H20BrN3O2. The Hall–Kier alpha value is -1.40. The highest BCUT2D eigenvalue weighted by Crippen LogP contribution is 2.13. The molecule has 1 aromatic carbocycles. The molecule has 0 spiro atoms. The molecule has 1 fully saturated rings. The van der Waals surface area contributed by atoms with Crippen LogP contribution in [0.5, 0.6) is 0 Å². The number of halogens is 1. The number of amides is 2. The van der Waals surface area contributed by atoms with Crippen LogP contribution in [-0.4, -0.2) is 42.9 Å². The van der Waals surface area contributed by atoms with E-state index < -0.39 is 0 Å². The number of hydrogen-bond acceptors (Lipinski definition) is 3. The SMILES string of the molecule is O=C(CNCC(=O)N1CCCCC1)Nc1ccc(Br)cc1. The van der Waals surface area contributed by atoms with E-state index in [1.807, 2.05) is 29.2 Å². The average molecular weight is 354 g/mol. The fourth-order valence-corrected chi connectivity index (χ4v) is 2.54. The summed E-state index contributed by atoms with van der Waals surface area (Å²) in [5, 5.41) is 5.68. The van der Waals surface area contributed by atoms with E-state index in [1.165, 1.54) is 6.42 Å². The van der Waals surface area contributed by atoms with Gasteiger partial charge >= 0.3 is 0 Å². The van der Waals surface area contributed by atoms with E-state index in [4.69, 9.17) is 0 Å². The van der Waals surface area contributed by atoms with Crippen LogP contribution in [0, 0.1) is 0 Å². The molecular weight excluding hydrogens is 334 g/mol. The first-order valence-electron chi connectivity index (χ1n) is 7.19. The third-order valence-corrected chi connectivity index (χ3v) is 3.93. The standard InChI is InChI=1S/C15H20BrN3O2/c16-12-4-6-13(7-5-12)18-14(20)10-17-11-15(21)19-8-2-1-3-9-19/h4-7,17H,1-3,8-11H2,(H,18,20). The van der Waals surface area contributed by atoms with E-state index in [9.17, 15) is 9.59 Å². The second-order valence-electron chi connectivity index (χ2n) is 5.10. The monoisotopic (exact) mass is 353 g/mol. The number of piperidine rings is 1. The lowest BCUT2D eigenvalue weighted by molar-refractivity contribution is -0.131. The first kappa shape index (κ1) is 16.0. The molecule has 1 aliphatic rings. The maximum absolute atomic E-state index is 11.9. The number of likely N-dealkylation sites (tertiary alicyclic amines) is 1. The van der Waals surface area contributed by atoms with Crippen LogP contribution in [0.2, 0.25) is 0 Å². The van der Waals surface area contributed by atoms with E-state index in [0.29, 0.717) is 0 Å². The molecule has 1 saturated heterocycles. The van der Waals surface area contributed by atoms with Gasteiger partial charge in [-0.3, -0.25) is 14.9 Å². The molecule has 2 N–H and O–H groups in total. The van der Waals surface area contributed by atoms with Crippen molar-refractivity contribution >= 4 is 33.4 Å². The summed E-state index contributed by atoms with van der Waals surface area (Å²) >= 11 is 3.34. The zero-order valence-electron chi connectivity index (χ0n) is 11.9. The Balaban J connectivity index is 1.66. The van der Waals surface area contributed by atoms with Crippen molar-refractivity contribution in [3.05, 3.63) is 28.7 Å². The minimum Gasteiger partial charge on any atom is -0.342 e. The third kappa shape index (κ3) is 5.47. The lowest BCUT2D eigenvalue weighted by Crippen LogP contribution is -2.42. The van der Waals surface area contributed by atoms with Crippen molar-refractivity contribution in [1.29, 1.82) is 0 Å². The summed E-state index contributed by atoms with van der Waals surface area (Å²) in [6.07, 6.45) is 3.36. The van der Waals surface area contributed by atoms with E-state index in [-0.39, 0.29) is 24.9 Å². The minimum atomic E-state index is -0.149. The van der Waals surface area contributed by atoms with Crippen LogP contribution < -0.4 is 10.6 Å². The van der Waals surface area contributed by atoms with E-state index >= 15 is 0 Å². The lowest BCUT2D eigenvalue weighted by atomic mass is 10.1. The number of carbonyl (C=O) groups excluding carboxylic acids is 2. The van der Waals surface area contributed by atoms with Crippen molar-refractivity contribution in [3.63, 3.8) is 0 Å². The molecule has 2 amide bonds. The smallest absolute Gasteiger partial charge is 0.238 e. The van der Waals surface area contributed by atoms with Crippen LogP contribution in [0.3, 0.4) is 0 Å². The highest BCUT2D eigenvalue weighted by atomic mass is 79.9. The number of hydrogen-bond donors (Lipinski definition) is 2. The second-order valence-corrected chi connectivity index (χ2v) is 6.02. The largest absolute Gasteiger partial charge is 0.342 e. The van der Waals surface area contributed by atoms with Crippen LogP contribution >= 0.6 is 15.9 Å². The van der Waals surface area contributed by atoms with Crippen molar-refractivity contribution in [2.75, 3.05) is 31.5 Å². The Bertz CT molecular complexity index is 484. The summed E-state index contributed by atoms with van der Waals surface area (Å²) < 4.78 is 0.964. The lowest BCUT2D eigenvalue weighted by Gasteiger charge is -2.26. The van der Waals surface area contributed by atoms with Gasteiger partial charge in [-0.05, 0) is 43.5 Å². The summed E-state index contributed by atoms with van der Waals surface area (Å²) in [4.78, 5) is 25.5. The van der Waals surface area contributed by atoms with Gasteiger partial charge in [0.05, 0.1) is 13.1 Å². The van der Waals surface area contributed by atoms with Crippen LogP contribution in [-0.2, 0) is 9.59 Å². The molecule has 0 atom stereocenters. The third-order valence-electron chi connectivity index (χ3n) is 3.40. The first-order chi connectivity index (χ1) is 10.1. The molecule has 6 heteroatoms. The molecule has 21 heavy (non-hydrogen) atoms. The summed E-state index contributed by atoms with van der Waals surface area (Å²) in [6, 6.07) is 7.37. The number of rotatable bonds is 5. The van der Waals surface area contributed by atoms with Crippen molar-refractivity contribution in [2.45, 2.75) is 19.3 Å². The Morgan fingerprint density at radius 3 is 2.38 bits per heavy atom. The van der Waals surface area contributed by atoms with Gasteiger partial charge in [0.15, 0.2) is 0 Å². The maximum Gasteiger partial charge on any atom is 0.238 e. The zero-order chi connectivity index (χ0) is 15.1. The summed E-state index contributed by atoms with van der Waals surface area (Å²) in [5.41, 5.74) is 0.743. The van der Waals surface area contributed by atoms with Crippen LogP contribution in [0.15, 0.2) is 28.7 Å². The number of nitrogens with one attached hydrogen (secondary N) is 2. The van der Waals surface area contributed by atoms with Gasteiger partial charge < -0.3 is 10.2 Å². The molecule has 1 heterocycles. The topological polar surface area (TPSA) is 61.4 Å². The molecule has 0 bridgehead atoms. The molecule has 0 aromatic heterocycles. The van der Waals surface area contributed by atoms with Crippen molar-refractivity contribution < 1.29 is 9.59 Å². The Morgan fingerprint density at radius 2 is 1.71 bits per heavy atom. The van der Waals surface area contributed by atoms with Gasteiger partial charge in [0.25, 0.3) is 0 Å². The van der Waals surface area contributed by atoms with Gasteiger partial charge in [0, 0.05) is 23.2 Å². The van der Waals surface area contributed by atoms with Gasteiger partial charge in [0.1, 0.15) is 0 Å². The fraction of sp³-hybridized carbons (Fsp3) is 0.467. The van der Waals surface area contributed by atoms with Crippen LogP contribution in [0.4, 0.5) is 5.69 Å². The van der Waals surface area contributed by atoms with Gasteiger partial charge in [-0.1, -0.05) is 15.9 Å². The quantitative estimate of drug-likeness (QED) is 0.850. The molecule has 2 rings (SSSR count). The van der Waals surface area contributed by atoms with Crippen molar-refractivity contribution in [3.8, 4) is 0 Å². The van der Waals surface area contributed by atoms with Gasteiger partial charge in [-0.15, -0.1) is 0 Å². The molecule has 0 radical (unpaired) electrons. The summed E-state index contributed by atoms with van der Waals surface area (Å²) in [6.45, 7) is 2.03. The van der Waals surface area contributed by atoms with E-state index in [0.717, 1.165) is 36.1 Å². The normalized spacial score (nSPS) is 14.8. The molecule has 5 nitrogen and oxygen atoms in total. The average Bonchev–Trinajstić information content (AvgIpc) is 2.50. The number of benzene rings is 1. The molecule has 0 aliphatic carbocycles. The number of nitrogens with zero attached hydrogens (tertiary/aromatic N) is 1. The second kappa shape index (κ2) is 8.14.